The van der Waals surface area contributed by atoms with E-state index in [0.29, 0.717) is 5.69 Å². The Bertz CT molecular complexity index is 941. The van der Waals surface area contributed by atoms with Gasteiger partial charge in [0.1, 0.15) is 0 Å². The van der Waals surface area contributed by atoms with Crippen LogP contribution in [-0.2, 0) is 26.0 Å². The van der Waals surface area contributed by atoms with E-state index in [0.717, 1.165) is 16.3 Å². The molecular formula is C19H22N2O5S. The summed E-state index contributed by atoms with van der Waals surface area (Å²) < 4.78 is 30.9. The van der Waals surface area contributed by atoms with E-state index in [1.807, 2.05) is 19.1 Å². The van der Waals surface area contributed by atoms with Crippen molar-refractivity contribution in [1.82, 2.24) is 4.31 Å². The normalized spacial score (nSPS) is 11.3. The van der Waals surface area contributed by atoms with Crippen LogP contribution in [0.25, 0.3) is 0 Å². The van der Waals surface area contributed by atoms with E-state index in [1.165, 1.54) is 38.4 Å². The first-order valence-electron chi connectivity index (χ1n) is 8.32. The number of methoxy groups -OCH3 is 1. The van der Waals surface area contributed by atoms with Crippen LogP contribution in [0.1, 0.15) is 22.8 Å². The summed E-state index contributed by atoms with van der Waals surface area (Å²) in [5, 5.41) is 2.74. The Labute approximate surface area is 159 Å². The van der Waals surface area contributed by atoms with Gasteiger partial charge in [-0.3, -0.25) is 4.79 Å². The average Bonchev–Trinajstić information content (AvgIpc) is 2.67. The van der Waals surface area contributed by atoms with Gasteiger partial charge in [-0.05, 0) is 36.2 Å². The van der Waals surface area contributed by atoms with Crippen LogP contribution < -0.4 is 5.32 Å². The summed E-state index contributed by atoms with van der Waals surface area (Å²) in [5.74, 6) is -1.09. The fourth-order valence-electron chi connectivity index (χ4n) is 2.51. The second kappa shape index (κ2) is 8.79. The van der Waals surface area contributed by atoms with Crippen molar-refractivity contribution in [2.24, 2.45) is 0 Å². The number of anilines is 1. The van der Waals surface area contributed by atoms with Crippen LogP contribution in [0.15, 0.2) is 53.4 Å². The number of hydrogen-bond acceptors (Lipinski definition) is 5. The summed E-state index contributed by atoms with van der Waals surface area (Å²) in [4.78, 5) is 23.8. The number of esters is 1. The molecule has 144 valence electrons. The lowest BCUT2D eigenvalue weighted by molar-refractivity contribution is -0.116. The molecule has 2 aromatic carbocycles. The Hall–Kier alpha value is -2.71. The minimum absolute atomic E-state index is 0.0883. The molecule has 0 unspecified atom stereocenters. The van der Waals surface area contributed by atoms with Gasteiger partial charge in [0.2, 0.25) is 15.9 Å². The number of para-hydroxylation sites is 1. The quantitative estimate of drug-likeness (QED) is 0.732. The second-order valence-corrected chi connectivity index (χ2v) is 7.88. The minimum atomic E-state index is -3.94. The highest BCUT2D eigenvalue weighted by Gasteiger charge is 2.24. The van der Waals surface area contributed by atoms with Crippen LogP contribution in [0.3, 0.4) is 0 Å². The van der Waals surface area contributed by atoms with E-state index in [-0.39, 0.29) is 17.0 Å². The SMILES string of the molecule is CCc1ccccc1NC(=O)CN(C)S(=O)(=O)c1cccc(C(=O)OC)c1. The number of aryl methyl sites for hydroxylation is 1. The van der Waals surface area contributed by atoms with Crippen molar-refractivity contribution in [2.45, 2.75) is 18.2 Å². The maximum Gasteiger partial charge on any atom is 0.337 e. The standard InChI is InChI=1S/C19H22N2O5S/c1-4-14-8-5-6-11-17(14)20-18(22)13-21(2)27(24,25)16-10-7-9-15(12-16)19(23)26-3/h5-12H,4,13H2,1-3H3,(H,20,22). The highest BCUT2D eigenvalue weighted by Crippen LogP contribution is 2.18. The Morgan fingerprint density at radius 1 is 1.11 bits per heavy atom. The monoisotopic (exact) mass is 390 g/mol. The number of likely N-dealkylation sites (N-methyl/N-ethyl adjacent to an activating group) is 1. The van der Waals surface area contributed by atoms with Gasteiger partial charge >= 0.3 is 5.97 Å². The number of rotatable bonds is 7. The van der Waals surface area contributed by atoms with Crippen molar-refractivity contribution < 1.29 is 22.7 Å². The van der Waals surface area contributed by atoms with Crippen molar-refractivity contribution >= 4 is 27.6 Å². The zero-order valence-electron chi connectivity index (χ0n) is 15.4. The molecule has 2 aromatic rings. The molecule has 0 radical (unpaired) electrons. The number of sulfonamides is 1. The lowest BCUT2D eigenvalue weighted by Crippen LogP contribution is -2.35. The number of nitrogens with zero attached hydrogens (tertiary/aromatic N) is 1. The van der Waals surface area contributed by atoms with E-state index < -0.39 is 21.9 Å². The molecule has 0 aromatic heterocycles. The smallest absolute Gasteiger partial charge is 0.337 e. The lowest BCUT2D eigenvalue weighted by Gasteiger charge is -2.18. The molecule has 8 heteroatoms. The van der Waals surface area contributed by atoms with Gasteiger partial charge < -0.3 is 10.1 Å². The second-order valence-electron chi connectivity index (χ2n) is 5.84. The maximum atomic E-state index is 12.7. The number of benzene rings is 2. The number of carbonyl (C=O) groups is 2. The van der Waals surface area contributed by atoms with E-state index in [4.69, 9.17) is 0 Å². The molecule has 1 amide bonds. The molecule has 0 saturated carbocycles. The third-order valence-electron chi connectivity index (χ3n) is 4.00. The Kier molecular flexibility index (Phi) is 6.70. The first-order chi connectivity index (χ1) is 12.8. The number of carbonyl (C=O) groups excluding carboxylic acids is 2. The van der Waals surface area contributed by atoms with Gasteiger partial charge in [0.15, 0.2) is 0 Å². The molecule has 0 fully saturated rings. The number of nitrogens with one attached hydrogen (secondary N) is 1. The topological polar surface area (TPSA) is 92.8 Å². The predicted octanol–water partition coefficient (Wildman–Crippen LogP) is 2.29. The largest absolute Gasteiger partial charge is 0.465 e. The van der Waals surface area contributed by atoms with Crippen LogP contribution in [0.4, 0.5) is 5.69 Å². The van der Waals surface area contributed by atoms with Gasteiger partial charge in [-0.1, -0.05) is 31.2 Å². The summed E-state index contributed by atoms with van der Waals surface area (Å²) in [7, 11) is -1.41. The van der Waals surface area contributed by atoms with Crippen molar-refractivity contribution in [1.29, 1.82) is 0 Å². The third kappa shape index (κ3) is 4.93. The number of hydrogen-bond donors (Lipinski definition) is 1. The summed E-state index contributed by atoms with van der Waals surface area (Å²) >= 11 is 0. The van der Waals surface area contributed by atoms with Crippen LogP contribution in [0.2, 0.25) is 0 Å². The van der Waals surface area contributed by atoms with Gasteiger partial charge in [-0.2, -0.15) is 4.31 Å². The lowest BCUT2D eigenvalue weighted by atomic mass is 10.1. The Morgan fingerprint density at radius 3 is 2.48 bits per heavy atom. The minimum Gasteiger partial charge on any atom is -0.465 e. The highest BCUT2D eigenvalue weighted by atomic mass is 32.2. The Balaban J connectivity index is 2.15. The zero-order valence-corrected chi connectivity index (χ0v) is 16.2. The van der Waals surface area contributed by atoms with E-state index in [9.17, 15) is 18.0 Å². The van der Waals surface area contributed by atoms with Crippen LogP contribution in [-0.4, -0.2) is 45.3 Å². The molecule has 0 aliphatic rings. The first kappa shape index (κ1) is 20.6. The molecule has 2 rings (SSSR count). The molecule has 0 atom stereocenters. The summed E-state index contributed by atoms with van der Waals surface area (Å²) in [5.41, 5.74) is 1.74. The summed E-state index contributed by atoms with van der Waals surface area (Å²) in [6.45, 7) is 1.61. The molecule has 7 nitrogen and oxygen atoms in total. The van der Waals surface area contributed by atoms with E-state index in [1.54, 1.807) is 12.1 Å². The molecule has 27 heavy (non-hydrogen) atoms. The summed E-state index contributed by atoms with van der Waals surface area (Å²) in [6, 6.07) is 12.8. The average molecular weight is 390 g/mol. The van der Waals surface area contributed by atoms with Crippen LogP contribution >= 0.6 is 0 Å². The highest BCUT2D eigenvalue weighted by molar-refractivity contribution is 7.89. The van der Waals surface area contributed by atoms with Crippen molar-refractivity contribution in [3.63, 3.8) is 0 Å². The molecule has 0 bridgehead atoms. The van der Waals surface area contributed by atoms with Crippen molar-refractivity contribution in [3.8, 4) is 0 Å². The predicted molar refractivity (Wildman–Crippen MR) is 102 cm³/mol. The van der Waals surface area contributed by atoms with E-state index >= 15 is 0 Å². The molecule has 0 spiro atoms. The van der Waals surface area contributed by atoms with Gasteiger partial charge in [-0.15, -0.1) is 0 Å². The molecular weight excluding hydrogens is 368 g/mol. The first-order valence-corrected chi connectivity index (χ1v) is 9.76. The van der Waals surface area contributed by atoms with Crippen LogP contribution in [0.5, 0.6) is 0 Å². The molecule has 0 aliphatic carbocycles. The van der Waals surface area contributed by atoms with Crippen molar-refractivity contribution in [2.75, 3.05) is 26.0 Å². The van der Waals surface area contributed by atoms with Gasteiger partial charge in [0, 0.05) is 12.7 Å². The summed E-state index contributed by atoms with van der Waals surface area (Å²) in [6.07, 6.45) is 0.741. The molecule has 0 aliphatic heterocycles. The molecule has 0 heterocycles. The van der Waals surface area contributed by atoms with Gasteiger partial charge in [0.05, 0.1) is 24.1 Å². The molecule has 1 N–H and O–H groups in total. The van der Waals surface area contributed by atoms with E-state index in [2.05, 4.69) is 10.1 Å². The third-order valence-corrected chi connectivity index (χ3v) is 5.80. The fraction of sp³-hybridized carbons (Fsp3) is 0.263. The zero-order chi connectivity index (χ0) is 20.0. The fourth-order valence-corrected chi connectivity index (χ4v) is 3.68. The van der Waals surface area contributed by atoms with Crippen LogP contribution in [0, 0.1) is 0 Å². The maximum absolute atomic E-state index is 12.7. The number of amides is 1. The van der Waals surface area contributed by atoms with Gasteiger partial charge in [0.25, 0.3) is 0 Å². The molecule has 0 saturated heterocycles. The van der Waals surface area contributed by atoms with Crippen molar-refractivity contribution in [3.05, 3.63) is 59.7 Å². The van der Waals surface area contributed by atoms with Gasteiger partial charge in [-0.25, -0.2) is 13.2 Å². The number of ether oxygens (including phenoxy) is 1. The Morgan fingerprint density at radius 2 is 1.81 bits per heavy atom.